The summed E-state index contributed by atoms with van der Waals surface area (Å²) in [6.07, 6.45) is 3.44. The molecule has 0 saturated heterocycles. The number of hydrogen-bond acceptors (Lipinski definition) is 2. The van der Waals surface area contributed by atoms with Crippen molar-refractivity contribution in [2.45, 2.75) is 0 Å². The van der Waals surface area contributed by atoms with Crippen LogP contribution in [0, 0.1) is 11.8 Å². The average Bonchev–Trinajstić information content (AvgIpc) is 2.99. The minimum Gasteiger partial charge on any atom is -0.478 e. The fraction of sp³-hybridized carbons (Fsp3) is 0.0526. The monoisotopic (exact) mass is 302 g/mol. The van der Waals surface area contributed by atoms with Crippen LogP contribution in [0.25, 0.3) is 11.1 Å². The van der Waals surface area contributed by atoms with E-state index >= 15 is 0 Å². The molecule has 0 atom stereocenters. The summed E-state index contributed by atoms with van der Waals surface area (Å²) in [5.41, 5.74) is 3.10. The first-order valence-corrected chi connectivity index (χ1v) is 7.07. The SMILES string of the molecule is Cn1cc(-c2c(C#Cc3ccccc3)cccc2C(=O)O)cn1. The van der Waals surface area contributed by atoms with Crippen molar-refractivity contribution in [1.82, 2.24) is 9.78 Å². The van der Waals surface area contributed by atoms with Crippen molar-refractivity contribution in [3.05, 3.63) is 77.6 Å². The fourth-order valence-electron chi connectivity index (χ4n) is 2.36. The Morgan fingerprint density at radius 2 is 1.87 bits per heavy atom. The second-order valence-electron chi connectivity index (χ2n) is 5.05. The second-order valence-corrected chi connectivity index (χ2v) is 5.05. The largest absolute Gasteiger partial charge is 0.478 e. The Morgan fingerprint density at radius 3 is 2.52 bits per heavy atom. The lowest BCUT2D eigenvalue weighted by Crippen LogP contribution is -2.01. The molecule has 0 amide bonds. The van der Waals surface area contributed by atoms with Gasteiger partial charge in [-0.15, -0.1) is 0 Å². The zero-order valence-electron chi connectivity index (χ0n) is 12.5. The lowest BCUT2D eigenvalue weighted by molar-refractivity contribution is 0.0697. The van der Waals surface area contributed by atoms with E-state index in [0.29, 0.717) is 11.1 Å². The van der Waals surface area contributed by atoms with Crippen LogP contribution in [0.15, 0.2) is 60.9 Å². The average molecular weight is 302 g/mol. The van der Waals surface area contributed by atoms with Gasteiger partial charge in [0.05, 0.1) is 11.8 Å². The molecule has 0 saturated carbocycles. The van der Waals surface area contributed by atoms with Crippen LogP contribution in [-0.2, 0) is 7.05 Å². The van der Waals surface area contributed by atoms with E-state index in [2.05, 4.69) is 16.9 Å². The summed E-state index contributed by atoms with van der Waals surface area (Å²) in [7, 11) is 1.79. The number of carboxylic acids is 1. The summed E-state index contributed by atoms with van der Waals surface area (Å²) in [5.74, 6) is 5.18. The fourth-order valence-corrected chi connectivity index (χ4v) is 2.36. The molecule has 4 nitrogen and oxygen atoms in total. The van der Waals surface area contributed by atoms with Crippen LogP contribution in [0.2, 0.25) is 0 Å². The summed E-state index contributed by atoms with van der Waals surface area (Å²) in [5, 5.41) is 13.6. The molecule has 2 aromatic carbocycles. The third kappa shape index (κ3) is 3.14. The normalized spacial score (nSPS) is 9.96. The Kier molecular flexibility index (Phi) is 3.94. The van der Waals surface area contributed by atoms with Gasteiger partial charge in [0.25, 0.3) is 0 Å². The molecular formula is C19H14N2O2. The molecule has 0 aliphatic heterocycles. The second kappa shape index (κ2) is 6.20. The standard InChI is InChI=1S/C19H14N2O2/c1-21-13-16(12-20-21)18-15(8-5-9-17(18)19(22)23)11-10-14-6-3-2-4-7-14/h2-9,12-13H,1H3,(H,22,23). The zero-order valence-corrected chi connectivity index (χ0v) is 12.5. The molecule has 0 fully saturated rings. The van der Waals surface area contributed by atoms with Crippen LogP contribution in [0.5, 0.6) is 0 Å². The van der Waals surface area contributed by atoms with E-state index in [9.17, 15) is 9.90 Å². The van der Waals surface area contributed by atoms with Gasteiger partial charge in [0, 0.05) is 35.5 Å². The van der Waals surface area contributed by atoms with Crippen molar-refractivity contribution in [2.24, 2.45) is 7.05 Å². The Bertz CT molecular complexity index is 915. The van der Waals surface area contributed by atoms with Crippen molar-refractivity contribution in [2.75, 3.05) is 0 Å². The van der Waals surface area contributed by atoms with Crippen LogP contribution in [0.3, 0.4) is 0 Å². The molecule has 3 rings (SSSR count). The quantitative estimate of drug-likeness (QED) is 0.740. The highest BCUT2D eigenvalue weighted by Gasteiger charge is 2.16. The van der Waals surface area contributed by atoms with Gasteiger partial charge in [-0.05, 0) is 24.3 Å². The van der Waals surface area contributed by atoms with E-state index in [-0.39, 0.29) is 5.56 Å². The van der Waals surface area contributed by atoms with E-state index in [1.807, 2.05) is 36.4 Å². The third-order valence-electron chi connectivity index (χ3n) is 3.40. The van der Waals surface area contributed by atoms with Crippen LogP contribution in [0.4, 0.5) is 0 Å². The first-order chi connectivity index (χ1) is 11.1. The highest BCUT2D eigenvalue weighted by atomic mass is 16.4. The number of aromatic carboxylic acids is 1. The summed E-state index contributed by atoms with van der Waals surface area (Å²) in [4.78, 5) is 11.6. The molecule has 112 valence electrons. The third-order valence-corrected chi connectivity index (χ3v) is 3.40. The molecule has 23 heavy (non-hydrogen) atoms. The van der Waals surface area contributed by atoms with Gasteiger partial charge < -0.3 is 5.11 Å². The summed E-state index contributed by atoms with van der Waals surface area (Å²) in [6, 6.07) is 14.7. The molecule has 0 radical (unpaired) electrons. The Hall–Kier alpha value is -3.32. The highest BCUT2D eigenvalue weighted by molar-refractivity contribution is 5.97. The van der Waals surface area contributed by atoms with Crippen LogP contribution in [-0.4, -0.2) is 20.9 Å². The molecule has 0 unspecified atom stereocenters. The summed E-state index contributed by atoms with van der Waals surface area (Å²) < 4.78 is 1.64. The Morgan fingerprint density at radius 1 is 1.09 bits per heavy atom. The van der Waals surface area contributed by atoms with Crippen LogP contribution in [0.1, 0.15) is 21.5 Å². The van der Waals surface area contributed by atoms with Crippen LogP contribution >= 0.6 is 0 Å². The van der Waals surface area contributed by atoms with Gasteiger partial charge in [0.2, 0.25) is 0 Å². The van der Waals surface area contributed by atoms with Gasteiger partial charge in [0.1, 0.15) is 0 Å². The van der Waals surface area contributed by atoms with Crippen molar-refractivity contribution in [1.29, 1.82) is 0 Å². The topological polar surface area (TPSA) is 55.1 Å². The molecule has 1 heterocycles. The Balaban J connectivity index is 2.16. The maximum Gasteiger partial charge on any atom is 0.336 e. The van der Waals surface area contributed by atoms with E-state index in [1.54, 1.807) is 36.3 Å². The number of rotatable bonds is 2. The van der Waals surface area contributed by atoms with Gasteiger partial charge in [-0.2, -0.15) is 5.10 Å². The lowest BCUT2D eigenvalue weighted by atomic mass is 9.96. The van der Waals surface area contributed by atoms with Crippen molar-refractivity contribution in [3.63, 3.8) is 0 Å². The van der Waals surface area contributed by atoms with Crippen molar-refractivity contribution >= 4 is 5.97 Å². The van der Waals surface area contributed by atoms with Gasteiger partial charge >= 0.3 is 5.97 Å². The van der Waals surface area contributed by atoms with E-state index in [0.717, 1.165) is 11.1 Å². The van der Waals surface area contributed by atoms with Crippen LogP contribution < -0.4 is 0 Å². The summed E-state index contributed by atoms with van der Waals surface area (Å²) >= 11 is 0. The van der Waals surface area contributed by atoms with E-state index < -0.39 is 5.97 Å². The van der Waals surface area contributed by atoms with Gasteiger partial charge in [0.15, 0.2) is 0 Å². The minimum absolute atomic E-state index is 0.220. The number of carboxylic acid groups (broad SMARTS) is 1. The van der Waals surface area contributed by atoms with Crippen molar-refractivity contribution < 1.29 is 9.90 Å². The minimum atomic E-state index is -0.979. The molecular weight excluding hydrogens is 288 g/mol. The number of hydrogen-bond donors (Lipinski definition) is 1. The molecule has 4 heteroatoms. The highest BCUT2D eigenvalue weighted by Crippen LogP contribution is 2.27. The molecule has 1 aromatic heterocycles. The number of aromatic nitrogens is 2. The molecule has 0 bridgehead atoms. The number of nitrogens with zero attached hydrogens (tertiary/aromatic N) is 2. The number of benzene rings is 2. The van der Waals surface area contributed by atoms with Gasteiger partial charge in [-0.25, -0.2) is 4.79 Å². The predicted molar refractivity (Wildman–Crippen MR) is 88.0 cm³/mol. The maximum atomic E-state index is 11.6. The lowest BCUT2D eigenvalue weighted by Gasteiger charge is -2.06. The maximum absolute atomic E-state index is 11.6. The van der Waals surface area contributed by atoms with Crippen molar-refractivity contribution in [3.8, 4) is 23.0 Å². The van der Waals surface area contributed by atoms with Gasteiger partial charge in [-0.3, -0.25) is 4.68 Å². The Labute approximate surface area is 134 Å². The first-order valence-electron chi connectivity index (χ1n) is 7.07. The zero-order chi connectivity index (χ0) is 16.2. The number of carbonyl (C=O) groups is 1. The van der Waals surface area contributed by atoms with E-state index in [4.69, 9.17) is 0 Å². The predicted octanol–water partition coefficient (Wildman–Crippen LogP) is 3.19. The molecule has 0 spiro atoms. The summed E-state index contributed by atoms with van der Waals surface area (Å²) in [6.45, 7) is 0. The van der Waals surface area contributed by atoms with Gasteiger partial charge in [-0.1, -0.05) is 36.1 Å². The molecule has 1 N–H and O–H groups in total. The molecule has 0 aliphatic carbocycles. The smallest absolute Gasteiger partial charge is 0.336 e. The number of aryl methyl sites for hydroxylation is 1. The molecule has 0 aliphatic rings. The first kappa shape index (κ1) is 14.6. The molecule has 3 aromatic rings. The van der Waals surface area contributed by atoms with E-state index in [1.165, 1.54) is 0 Å².